The summed E-state index contributed by atoms with van der Waals surface area (Å²) < 4.78 is 31.8. The third kappa shape index (κ3) is 5.90. The summed E-state index contributed by atoms with van der Waals surface area (Å²) in [6.07, 6.45) is 0.649. The van der Waals surface area contributed by atoms with E-state index in [4.69, 9.17) is 4.74 Å². The lowest BCUT2D eigenvalue weighted by atomic mass is 10.1. The van der Waals surface area contributed by atoms with Crippen LogP contribution in [-0.2, 0) is 19.6 Å². The fourth-order valence-corrected chi connectivity index (χ4v) is 3.64. The molecule has 0 aromatic heterocycles. The Bertz CT molecular complexity index is 970. The first-order valence-corrected chi connectivity index (χ1v) is 10.3. The monoisotopic (exact) mass is 404 g/mol. The molecule has 7 nitrogen and oxygen atoms in total. The first-order valence-electron chi connectivity index (χ1n) is 8.87. The minimum Gasteiger partial charge on any atom is -0.452 e. The van der Waals surface area contributed by atoms with Crippen molar-refractivity contribution in [3.05, 3.63) is 59.2 Å². The first-order chi connectivity index (χ1) is 13.2. The van der Waals surface area contributed by atoms with Crippen molar-refractivity contribution in [2.24, 2.45) is 0 Å². The van der Waals surface area contributed by atoms with Gasteiger partial charge in [0.15, 0.2) is 6.61 Å². The molecule has 2 rings (SSSR count). The van der Waals surface area contributed by atoms with Crippen LogP contribution in [0.25, 0.3) is 0 Å². The Morgan fingerprint density at radius 2 is 1.82 bits per heavy atom. The molecule has 0 fully saturated rings. The topological polar surface area (TPSA) is 102 Å². The summed E-state index contributed by atoms with van der Waals surface area (Å²) in [6, 6.07) is 11.1. The number of rotatable bonds is 8. The van der Waals surface area contributed by atoms with E-state index >= 15 is 0 Å². The van der Waals surface area contributed by atoms with Gasteiger partial charge in [-0.3, -0.25) is 4.79 Å². The van der Waals surface area contributed by atoms with Crippen LogP contribution in [0.5, 0.6) is 0 Å². The molecular formula is C20H24N2O5S. The van der Waals surface area contributed by atoms with E-state index < -0.39 is 28.5 Å². The molecule has 150 valence electrons. The van der Waals surface area contributed by atoms with Crippen LogP contribution in [0.4, 0.5) is 5.69 Å². The predicted molar refractivity (Wildman–Crippen MR) is 107 cm³/mol. The molecular weight excluding hydrogens is 380 g/mol. The van der Waals surface area contributed by atoms with Crippen LogP contribution in [0.3, 0.4) is 0 Å². The van der Waals surface area contributed by atoms with Gasteiger partial charge in [0.05, 0.1) is 10.5 Å². The normalized spacial score (nSPS) is 11.1. The molecule has 0 saturated carbocycles. The van der Waals surface area contributed by atoms with Gasteiger partial charge in [0.25, 0.3) is 5.91 Å². The molecule has 0 spiro atoms. The highest BCUT2D eigenvalue weighted by Crippen LogP contribution is 2.16. The second-order valence-corrected chi connectivity index (χ2v) is 8.14. The lowest BCUT2D eigenvalue weighted by Crippen LogP contribution is -2.25. The van der Waals surface area contributed by atoms with Crippen molar-refractivity contribution >= 4 is 27.6 Å². The van der Waals surface area contributed by atoms with Gasteiger partial charge >= 0.3 is 5.97 Å². The summed E-state index contributed by atoms with van der Waals surface area (Å²) in [5, 5.41) is 2.68. The molecule has 0 radical (unpaired) electrons. The van der Waals surface area contributed by atoms with Crippen molar-refractivity contribution in [3.63, 3.8) is 0 Å². The van der Waals surface area contributed by atoms with Crippen molar-refractivity contribution in [2.75, 3.05) is 18.5 Å². The minimum absolute atomic E-state index is 0.0323. The van der Waals surface area contributed by atoms with E-state index in [1.165, 1.54) is 24.3 Å². The molecule has 0 aliphatic heterocycles. The number of anilines is 1. The molecule has 2 aromatic rings. The van der Waals surface area contributed by atoms with Crippen molar-refractivity contribution in [1.82, 2.24) is 4.72 Å². The van der Waals surface area contributed by atoms with Gasteiger partial charge in [-0.1, -0.05) is 30.7 Å². The van der Waals surface area contributed by atoms with E-state index in [0.29, 0.717) is 18.7 Å². The summed E-state index contributed by atoms with van der Waals surface area (Å²) in [5.74, 6) is -1.25. The summed E-state index contributed by atoms with van der Waals surface area (Å²) in [6.45, 7) is 5.49. The minimum atomic E-state index is -3.70. The van der Waals surface area contributed by atoms with Crippen LogP contribution in [0.15, 0.2) is 47.4 Å². The molecule has 0 aliphatic carbocycles. The number of esters is 1. The first kappa shape index (κ1) is 21.6. The highest BCUT2D eigenvalue weighted by molar-refractivity contribution is 7.89. The molecule has 0 atom stereocenters. The van der Waals surface area contributed by atoms with Crippen molar-refractivity contribution in [1.29, 1.82) is 0 Å². The maximum Gasteiger partial charge on any atom is 0.338 e. The van der Waals surface area contributed by atoms with Gasteiger partial charge in [0.2, 0.25) is 10.0 Å². The zero-order chi connectivity index (χ0) is 20.7. The zero-order valence-corrected chi connectivity index (χ0v) is 16.9. The third-order valence-corrected chi connectivity index (χ3v) is 5.37. The van der Waals surface area contributed by atoms with Gasteiger partial charge in [-0.2, -0.15) is 0 Å². The van der Waals surface area contributed by atoms with Gasteiger partial charge in [-0.25, -0.2) is 17.9 Å². The third-order valence-electron chi connectivity index (χ3n) is 3.91. The summed E-state index contributed by atoms with van der Waals surface area (Å²) in [5.41, 5.74) is 2.67. The van der Waals surface area contributed by atoms with Gasteiger partial charge in [-0.15, -0.1) is 0 Å². The quantitative estimate of drug-likeness (QED) is 0.659. The van der Waals surface area contributed by atoms with Gasteiger partial charge in [-0.05, 0) is 50.1 Å². The van der Waals surface area contributed by atoms with Crippen LogP contribution in [0.1, 0.15) is 34.8 Å². The highest BCUT2D eigenvalue weighted by atomic mass is 32.2. The molecule has 28 heavy (non-hydrogen) atoms. The lowest BCUT2D eigenvalue weighted by molar-refractivity contribution is -0.119. The molecule has 2 N–H and O–H groups in total. The van der Waals surface area contributed by atoms with Crippen molar-refractivity contribution < 1.29 is 22.7 Å². The molecule has 0 saturated heterocycles. The molecule has 0 unspecified atom stereocenters. The fraction of sp³-hybridized carbons (Fsp3) is 0.300. The lowest BCUT2D eigenvalue weighted by Gasteiger charge is -2.10. The van der Waals surface area contributed by atoms with E-state index in [1.54, 1.807) is 6.07 Å². The Morgan fingerprint density at radius 3 is 2.50 bits per heavy atom. The average molecular weight is 404 g/mol. The van der Waals surface area contributed by atoms with E-state index in [2.05, 4.69) is 10.0 Å². The van der Waals surface area contributed by atoms with Crippen molar-refractivity contribution in [2.45, 2.75) is 32.1 Å². The molecule has 0 bridgehead atoms. The summed E-state index contributed by atoms with van der Waals surface area (Å²) in [7, 11) is -3.70. The number of ether oxygens (including phenoxy) is 1. The number of aryl methyl sites for hydroxylation is 2. The van der Waals surface area contributed by atoms with E-state index in [1.807, 2.05) is 32.9 Å². The van der Waals surface area contributed by atoms with E-state index in [-0.39, 0.29) is 10.5 Å². The highest BCUT2D eigenvalue weighted by Gasteiger charge is 2.17. The SMILES string of the molecule is CCCNS(=O)(=O)c1cccc(C(=O)OCC(=O)Nc2ccc(C)cc2C)c1. The van der Waals surface area contributed by atoms with Crippen LogP contribution >= 0.6 is 0 Å². The van der Waals surface area contributed by atoms with E-state index in [9.17, 15) is 18.0 Å². The smallest absolute Gasteiger partial charge is 0.338 e. The Labute approximate surface area is 165 Å². The number of benzene rings is 2. The van der Waals surface area contributed by atoms with Crippen LogP contribution in [-0.4, -0.2) is 33.4 Å². The van der Waals surface area contributed by atoms with Gasteiger partial charge in [0.1, 0.15) is 0 Å². The van der Waals surface area contributed by atoms with Gasteiger partial charge < -0.3 is 10.1 Å². The Kier molecular flexibility index (Phi) is 7.31. The standard InChI is InChI=1S/C20H24N2O5S/c1-4-10-21-28(25,26)17-7-5-6-16(12-17)20(24)27-13-19(23)22-18-9-8-14(2)11-15(18)3/h5-9,11-12,21H,4,10,13H2,1-3H3,(H,22,23). The fourth-order valence-electron chi connectivity index (χ4n) is 2.46. The van der Waals surface area contributed by atoms with Crippen LogP contribution in [0.2, 0.25) is 0 Å². The Morgan fingerprint density at radius 1 is 1.07 bits per heavy atom. The number of carbonyl (C=O) groups is 2. The summed E-state index contributed by atoms with van der Waals surface area (Å²) >= 11 is 0. The maximum atomic E-state index is 12.2. The maximum absolute atomic E-state index is 12.2. The average Bonchev–Trinajstić information content (AvgIpc) is 2.67. The number of sulfonamides is 1. The Hall–Kier alpha value is -2.71. The molecule has 8 heteroatoms. The Balaban J connectivity index is 1.99. The zero-order valence-electron chi connectivity index (χ0n) is 16.1. The van der Waals surface area contributed by atoms with Crippen molar-refractivity contribution in [3.8, 4) is 0 Å². The largest absolute Gasteiger partial charge is 0.452 e. The second kappa shape index (κ2) is 9.48. The second-order valence-electron chi connectivity index (χ2n) is 6.37. The molecule has 2 aromatic carbocycles. The van der Waals surface area contributed by atoms with Crippen LogP contribution < -0.4 is 10.0 Å². The molecule has 0 aliphatic rings. The number of amides is 1. The predicted octanol–water partition coefficient (Wildman–Crippen LogP) is 2.79. The molecule has 1 amide bonds. The summed E-state index contributed by atoms with van der Waals surface area (Å²) in [4.78, 5) is 24.2. The van der Waals surface area contributed by atoms with Crippen LogP contribution in [0, 0.1) is 13.8 Å². The number of hydrogen-bond acceptors (Lipinski definition) is 5. The molecule has 0 heterocycles. The number of nitrogens with one attached hydrogen (secondary N) is 2. The number of hydrogen-bond donors (Lipinski definition) is 2. The van der Waals surface area contributed by atoms with Gasteiger partial charge in [0, 0.05) is 12.2 Å². The van der Waals surface area contributed by atoms with E-state index in [0.717, 1.165) is 11.1 Å². The number of carbonyl (C=O) groups excluding carboxylic acids is 2.